The lowest BCUT2D eigenvalue weighted by Gasteiger charge is -2.19. The molecule has 6 heteroatoms. The van der Waals surface area contributed by atoms with Crippen LogP contribution in [-0.4, -0.2) is 32.8 Å². The number of aromatic nitrogens is 2. The SMILES string of the molecule is CC(C)[C@H](NC(=O)c1ccnn1C1CCCC1)C(=O)O. The van der Waals surface area contributed by atoms with E-state index < -0.39 is 12.0 Å². The standard InChI is InChI=1S/C14H21N3O3/c1-9(2)12(14(19)20)16-13(18)11-7-8-15-17(11)10-5-3-4-6-10/h7-10,12H,3-6H2,1-2H3,(H,16,18)(H,19,20)/t12-/m0/s1. The van der Waals surface area contributed by atoms with Crippen LogP contribution in [0.1, 0.15) is 56.1 Å². The summed E-state index contributed by atoms with van der Waals surface area (Å²) in [5.74, 6) is -1.55. The summed E-state index contributed by atoms with van der Waals surface area (Å²) in [6.45, 7) is 3.54. The molecule has 0 radical (unpaired) electrons. The Labute approximate surface area is 118 Å². The Balaban J connectivity index is 2.13. The molecule has 1 aliphatic carbocycles. The van der Waals surface area contributed by atoms with Crippen LogP contribution in [0.25, 0.3) is 0 Å². The molecule has 20 heavy (non-hydrogen) atoms. The molecule has 1 atom stereocenters. The summed E-state index contributed by atoms with van der Waals surface area (Å²) in [4.78, 5) is 23.4. The molecule has 1 aromatic heterocycles. The van der Waals surface area contributed by atoms with Crippen LogP contribution in [0.15, 0.2) is 12.3 Å². The lowest BCUT2D eigenvalue weighted by atomic mass is 10.0. The van der Waals surface area contributed by atoms with Crippen LogP contribution >= 0.6 is 0 Å². The Hall–Kier alpha value is -1.85. The summed E-state index contributed by atoms with van der Waals surface area (Å²) in [6, 6.07) is 1.02. The lowest BCUT2D eigenvalue weighted by molar-refractivity contribution is -0.140. The molecule has 6 nitrogen and oxygen atoms in total. The first-order chi connectivity index (χ1) is 9.50. The summed E-state index contributed by atoms with van der Waals surface area (Å²) < 4.78 is 1.74. The Morgan fingerprint density at radius 2 is 2.05 bits per heavy atom. The van der Waals surface area contributed by atoms with Crippen molar-refractivity contribution in [2.75, 3.05) is 0 Å². The van der Waals surface area contributed by atoms with Crippen molar-refractivity contribution in [3.63, 3.8) is 0 Å². The number of aliphatic carboxylic acids is 1. The van der Waals surface area contributed by atoms with Crippen LogP contribution in [0.2, 0.25) is 0 Å². The molecule has 0 bridgehead atoms. The van der Waals surface area contributed by atoms with E-state index in [0.29, 0.717) is 5.69 Å². The molecule has 0 unspecified atom stereocenters. The van der Waals surface area contributed by atoms with E-state index in [9.17, 15) is 9.59 Å². The number of rotatable bonds is 5. The van der Waals surface area contributed by atoms with Gasteiger partial charge in [0.15, 0.2) is 0 Å². The van der Waals surface area contributed by atoms with Gasteiger partial charge in [-0.1, -0.05) is 26.7 Å². The van der Waals surface area contributed by atoms with Gasteiger partial charge < -0.3 is 10.4 Å². The van der Waals surface area contributed by atoms with E-state index in [1.807, 2.05) is 0 Å². The van der Waals surface area contributed by atoms with Gasteiger partial charge in [0.05, 0.1) is 6.04 Å². The highest BCUT2D eigenvalue weighted by atomic mass is 16.4. The number of carbonyl (C=O) groups is 2. The van der Waals surface area contributed by atoms with Gasteiger partial charge in [-0.2, -0.15) is 5.10 Å². The predicted octanol–water partition coefficient (Wildman–Crippen LogP) is 1.84. The Kier molecular flexibility index (Phi) is 4.42. The Morgan fingerprint density at radius 1 is 1.40 bits per heavy atom. The molecule has 0 saturated heterocycles. The summed E-state index contributed by atoms with van der Waals surface area (Å²) in [7, 11) is 0. The van der Waals surface area contributed by atoms with Gasteiger partial charge >= 0.3 is 5.97 Å². The Bertz CT molecular complexity index is 490. The highest BCUT2D eigenvalue weighted by molar-refractivity contribution is 5.95. The number of carboxylic acid groups (broad SMARTS) is 1. The average molecular weight is 279 g/mol. The first-order valence-corrected chi connectivity index (χ1v) is 7.08. The van der Waals surface area contributed by atoms with E-state index in [0.717, 1.165) is 25.7 Å². The number of carbonyl (C=O) groups excluding carboxylic acids is 1. The van der Waals surface area contributed by atoms with Crippen molar-refractivity contribution in [2.45, 2.75) is 51.6 Å². The third-order valence-corrected chi connectivity index (χ3v) is 3.79. The maximum absolute atomic E-state index is 12.3. The van der Waals surface area contributed by atoms with E-state index in [2.05, 4.69) is 10.4 Å². The van der Waals surface area contributed by atoms with Crippen molar-refractivity contribution in [1.29, 1.82) is 0 Å². The number of carboxylic acids is 1. The topological polar surface area (TPSA) is 84.2 Å². The third-order valence-electron chi connectivity index (χ3n) is 3.79. The molecule has 1 saturated carbocycles. The molecule has 1 aromatic rings. The van der Waals surface area contributed by atoms with Gasteiger partial charge in [-0.25, -0.2) is 4.79 Å². The zero-order chi connectivity index (χ0) is 14.7. The number of hydrogen-bond donors (Lipinski definition) is 2. The first-order valence-electron chi connectivity index (χ1n) is 7.08. The second-order valence-corrected chi connectivity index (χ2v) is 5.63. The van der Waals surface area contributed by atoms with Crippen LogP contribution < -0.4 is 5.32 Å². The van der Waals surface area contributed by atoms with Crippen molar-refractivity contribution in [2.24, 2.45) is 5.92 Å². The van der Waals surface area contributed by atoms with E-state index in [1.54, 1.807) is 30.8 Å². The fraction of sp³-hybridized carbons (Fsp3) is 0.643. The van der Waals surface area contributed by atoms with Crippen molar-refractivity contribution in [1.82, 2.24) is 15.1 Å². The molecule has 110 valence electrons. The minimum Gasteiger partial charge on any atom is -0.480 e. The minimum atomic E-state index is -1.01. The Morgan fingerprint density at radius 3 is 2.60 bits per heavy atom. The van der Waals surface area contributed by atoms with Crippen LogP contribution in [-0.2, 0) is 4.79 Å². The van der Waals surface area contributed by atoms with Crippen molar-refractivity contribution >= 4 is 11.9 Å². The maximum Gasteiger partial charge on any atom is 0.326 e. The average Bonchev–Trinajstić information content (AvgIpc) is 3.03. The van der Waals surface area contributed by atoms with E-state index in [-0.39, 0.29) is 17.9 Å². The number of amides is 1. The van der Waals surface area contributed by atoms with E-state index >= 15 is 0 Å². The summed E-state index contributed by atoms with van der Waals surface area (Å²) in [6.07, 6.45) is 5.94. The summed E-state index contributed by atoms with van der Waals surface area (Å²) in [5, 5.41) is 15.9. The van der Waals surface area contributed by atoms with Gasteiger partial charge in [0.1, 0.15) is 11.7 Å². The predicted molar refractivity (Wildman–Crippen MR) is 73.5 cm³/mol. The van der Waals surface area contributed by atoms with Gasteiger partial charge in [-0.05, 0) is 24.8 Å². The monoisotopic (exact) mass is 279 g/mol. The van der Waals surface area contributed by atoms with Crippen LogP contribution in [0.4, 0.5) is 0 Å². The minimum absolute atomic E-state index is 0.167. The van der Waals surface area contributed by atoms with Crippen LogP contribution in [0.3, 0.4) is 0 Å². The normalized spacial score (nSPS) is 17.4. The lowest BCUT2D eigenvalue weighted by Crippen LogP contribution is -2.45. The fourth-order valence-electron chi connectivity index (χ4n) is 2.66. The first kappa shape index (κ1) is 14.6. The molecule has 0 spiro atoms. The van der Waals surface area contributed by atoms with Crippen LogP contribution in [0, 0.1) is 5.92 Å². The van der Waals surface area contributed by atoms with Gasteiger partial charge in [0.2, 0.25) is 0 Å². The number of nitrogens with one attached hydrogen (secondary N) is 1. The highest BCUT2D eigenvalue weighted by Crippen LogP contribution is 2.29. The summed E-state index contributed by atoms with van der Waals surface area (Å²) in [5.41, 5.74) is 0.448. The van der Waals surface area contributed by atoms with Gasteiger partial charge in [-0.15, -0.1) is 0 Å². The van der Waals surface area contributed by atoms with Gasteiger partial charge in [-0.3, -0.25) is 9.48 Å². The van der Waals surface area contributed by atoms with Crippen molar-refractivity contribution < 1.29 is 14.7 Å². The highest BCUT2D eigenvalue weighted by Gasteiger charge is 2.27. The molecule has 0 aromatic carbocycles. The van der Waals surface area contributed by atoms with Crippen molar-refractivity contribution in [3.05, 3.63) is 18.0 Å². The second kappa shape index (κ2) is 6.07. The van der Waals surface area contributed by atoms with E-state index in [4.69, 9.17) is 5.11 Å². The summed E-state index contributed by atoms with van der Waals surface area (Å²) >= 11 is 0. The van der Waals surface area contributed by atoms with Crippen molar-refractivity contribution in [3.8, 4) is 0 Å². The van der Waals surface area contributed by atoms with Crippen LogP contribution in [0.5, 0.6) is 0 Å². The third kappa shape index (κ3) is 3.00. The molecular weight excluding hydrogens is 258 g/mol. The zero-order valence-corrected chi connectivity index (χ0v) is 11.9. The number of hydrogen-bond acceptors (Lipinski definition) is 3. The maximum atomic E-state index is 12.3. The molecule has 1 fully saturated rings. The molecule has 2 rings (SSSR count). The van der Waals surface area contributed by atoms with E-state index in [1.165, 1.54) is 0 Å². The zero-order valence-electron chi connectivity index (χ0n) is 11.9. The smallest absolute Gasteiger partial charge is 0.326 e. The second-order valence-electron chi connectivity index (χ2n) is 5.63. The molecule has 2 N–H and O–H groups in total. The quantitative estimate of drug-likeness (QED) is 0.861. The largest absolute Gasteiger partial charge is 0.480 e. The van der Waals surface area contributed by atoms with Gasteiger partial charge in [0, 0.05) is 6.20 Å². The molecule has 1 amide bonds. The molecule has 1 aliphatic rings. The fourth-order valence-corrected chi connectivity index (χ4v) is 2.66. The molecular formula is C14H21N3O3. The van der Waals surface area contributed by atoms with Gasteiger partial charge in [0.25, 0.3) is 5.91 Å². The molecule has 1 heterocycles. The molecule has 0 aliphatic heterocycles. The number of nitrogens with zero attached hydrogens (tertiary/aromatic N) is 2.